The Kier molecular flexibility index (Phi) is 4.67. The van der Waals surface area contributed by atoms with Gasteiger partial charge < -0.3 is 4.98 Å². The molecule has 3 aromatic rings. The number of hydrogen-bond acceptors (Lipinski definition) is 2. The quantitative estimate of drug-likeness (QED) is 0.721. The van der Waals surface area contributed by atoms with Crippen LogP contribution in [-0.4, -0.2) is 19.9 Å². The summed E-state index contributed by atoms with van der Waals surface area (Å²) in [5, 5.41) is 1.73. The average molecular weight is 363 g/mol. The van der Waals surface area contributed by atoms with E-state index < -0.39 is 10.0 Å². The first-order chi connectivity index (χ1) is 11.4. The van der Waals surface area contributed by atoms with Gasteiger partial charge in [-0.2, -0.15) is 0 Å². The van der Waals surface area contributed by atoms with Crippen LogP contribution in [0.5, 0.6) is 0 Å². The average Bonchev–Trinajstić information content (AvgIpc) is 2.89. The summed E-state index contributed by atoms with van der Waals surface area (Å²) in [5.41, 5.74) is 3.81. The number of sulfonamides is 1. The number of aryl methyl sites for hydroxylation is 2. The molecule has 1 heterocycles. The monoisotopic (exact) mass is 362 g/mol. The maximum absolute atomic E-state index is 12.5. The van der Waals surface area contributed by atoms with E-state index in [2.05, 4.69) is 9.71 Å². The van der Waals surface area contributed by atoms with Crippen molar-refractivity contribution in [2.45, 2.75) is 25.2 Å². The minimum Gasteiger partial charge on any atom is -0.361 e. The molecular formula is C18H19ClN2O2S. The van der Waals surface area contributed by atoms with Crippen molar-refractivity contribution < 1.29 is 8.42 Å². The van der Waals surface area contributed by atoms with Gasteiger partial charge in [0, 0.05) is 28.7 Å². The lowest BCUT2D eigenvalue weighted by Crippen LogP contribution is -2.26. The molecule has 0 spiro atoms. The van der Waals surface area contributed by atoms with Gasteiger partial charge in [0.05, 0.1) is 4.90 Å². The van der Waals surface area contributed by atoms with Gasteiger partial charge in [0.2, 0.25) is 10.0 Å². The lowest BCUT2D eigenvalue weighted by molar-refractivity contribution is 0.581. The topological polar surface area (TPSA) is 62.0 Å². The molecule has 0 fully saturated rings. The second-order valence-corrected chi connectivity index (χ2v) is 8.09. The third-order valence-electron chi connectivity index (χ3n) is 4.04. The molecule has 6 heteroatoms. The van der Waals surface area contributed by atoms with E-state index in [4.69, 9.17) is 11.6 Å². The van der Waals surface area contributed by atoms with E-state index in [1.54, 1.807) is 6.07 Å². The van der Waals surface area contributed by atoms with Gasteiger partial charge in [0.25, 0.3) is 0 Å². The van der Waals surface area contributed by atoms with E-state index in [9.17, 15) is 8.42 Å². The van der Waals surface area contributed by atoms with Crippen LogP contribution in [0.2, 0.25) is 5.02 Å². The fourth-order valence-electron chi connectivity index (χ4n) is 2.86. The van der Waals surface area contributed by atoms with Gasteiger partial charge in [-0.3, -0.25) is 0 Å². The Morgan fingerprint density at radius 3 is 2.67 bits per heavy atom. The molecule has 1 aromatic heterocycles. The van der Waals surface area contributed by atoms with Crippen LogP contribution in [0.15, 0.2) is 47.5 Å². The van der Waals surface area contributed by atoms with Crippen LogP contribution in [0.4, 0.5) is 0 Å². The number of aromatic nitrogens is 1. The molecule has 24 heavy (non-hydrogen) atoms. The normalized spacial score (nSPS) is 12.0. The van der Waals surface area contributed by atoms with E-state index in [-0.39, 0.29) is 0 Å². The van der Waals surface area contributed by atoms with Crippen LogP contribution in [0.3, 0.4) is 0 Å². The fraction of sp³-hybridized carbons (Fsp3) is 0.222. The highest BCUT2D eigenvalue weighted by molar-refractivity contribution is 7.89. The number of benzene rings is 2. The standard InChI is InChI=1S/C18H19ClN2O2S/c1-12-3-6-18(13(2)9-12)24(22,23)21-8-7-14-11-20-17-10-15(19)4-5-16(14)17/h3-6,9-11,20-21H,7-8H2,1-2H3. The SMILES string of the molecule is Cc1ccc(S(=O)(=O)NCCc2c[nH]c3cc(Cl)ccc23)c(C)c1. The van der Waals surface area contributed by atoms with Gasteiger partial charge in [0.15, 0.2) is 0 Å². The number of rotatable bonds is 5. The molecule has 0 aliphatic carbocycles. The Labute approximate surface area is 146 Å². The van der Waals surface area contributed by atoms with Crippen LogP contribution in [0, 0.1) is 13.8 Å². The molecule has 0 unspecified atom stereocenters. The highest BCUT2D eigenvalue weighted by Crippen LogP contribution is 2.22. The molecular weight excluding hydrogens is 344 g/mol. The van der Waals surface area contributed by atoms with Gasteiger partial charge in [-0.1, -0.05) is 35.4 Å². The minimum atomic E-state index is -3.50. The molecule has 3 rings (SSSR count). The van der Waals surface area contributed by atoms with Crippen molar-refractivity contribution in [2.24, 2.45) is 0 Å². The predicted octanol–water partition coefficient (Wildman–Crippen LogP) is 3.96. The first-order valence-corrected chi connectivity index (χ1v) is 9.55. The van der Waals surface area contributed by atoms with Gasteiger partial charge in [-0.25, -0.2) is 13.1 Å². The molecule has 2 aromatic carbocycles. The molecule has 0 atom stereocenters. The Morgan fingerprint density at radius 2 is 1.92 bits per heavy atom. The van der Waals surface area contributed by atoms with Crippen molar-refractivity contribution in [1.82, 2.24) is 9.71 Å². The van der Waals surface area contributed by atoms with Crippen molar-refractivity contribution in [3.05, 3.63) is 64.3 Å². The number of hydrogen-bond donors (Lipinski definition) is 2. The molecule has 126 valence electrons. The summed E-state index contributed by atoms with van der Waals surface area (Å²) >= 11 is 5.97. The van der Waals surface area contributed by atoms with Crippen molar-refractivity contribution >= 4 is 32.5 Å². The van der Waals surface area contributed by atoms with Gasteiger partial charge in [-0.15, -0.1) is 0 Å². The summed E-state index contributed by atoms with van der Waals surface area (Å²) in [4.78, 5) is 3.49. The second-order valence-electron chi connectivity index (χ2n) is 5.92. The number of H-pyrrole nitrogens is 1. The van der Waals surface area contributed by atoms with E-state index in [1.165, 1.54) is 0 Å². The zero-order valence-electron chi connectivity index (χ0n) is 13.6. The fourth-order valence-corrected chi connectivity index (χ4v) is 4.29. The highest BCUT2D eigenvalue weighted by atomic mass is 35.5. The van der Waals surface area contributed by atoms with E-state index in [0.717, 1.165) is 27.6 Å². The number of nitrogens with one attached hydrogen (secondary N) is 2. The molecule has 0 aliphatic rings. The third-order valence-corrected chi connectivity index (χ3v) is 5.89. The first-order valence-electron chi connectivity index (χ1n) is 7.69. The summed E-state index contributed by atoms with van der Waals surface area (Å²) < 4.78 is 27.6. The van der Waals surface area contributed by atoms with Crippen molar-refractivity contribution in [3.63, 3.8) is 0 Å². The van der Waals surface area contributed by atoms with Crippen LogP contribution in [-0.2, 0) is 16.4 Å². The number of aromatic amines is 1. The zero-order valence-corrected chi connectivity index (χ0v) is 15.1. The van der Waals surface area contributed by atoms with Crippen LogP contribution in [0.25, 0.3) is 10.9 Å². The Bertz CT molecular complexity index is 993. The lowest BCUT2D eigenvalue weighted by Gasteiger charge is -2.09. The summed E-state index contributed by atoms with van der Waals surface area (Å²) in [6.07, 6.45) is 2.50. The molecule has 0 saturated carbocycles. The molecule has 0 saturated heterocycles. The van der Waals surface area contributed by atoms with Gasteiger partial charge in [0.1, 0.15) is 0 Å². The Balaban J connectivity index is 1.73. The third kappa shape index (κ3) is 3.48. The van der Waals surface area contributed by atoms with E-state index >= 15 is 0 Å². The summed E-state index contributed by atoms with van der Waals surface area (Å²) in [7, 11) is -3.50. The Morgan fingerprint density at radius 1 is 1.12 bits per heavy atom. The first kappa shape index (κ1) is 17.0. The second kappa shape index (κ2) is 6.59. The van der Waals surface area contributed by atoms with E-state index in [1.807, 2.05) is 50.4 Å². The van der Waals surface area contributed by atoms with Crippen LogP contribution >= 0.6 is 11.6 Å². The number of fused-ring (bicyclic) bond motifs is 1. The van der Waals surface area contributed by atoms with Gasteiger partial charge in [-0.05, 0) is 49.6 Å². The maximum Gasteiger partial charge on any atom is 0.240 e. The summed E-state index contributed by atoms with van der Waals surface area (Å²) in [6, 6.07) is 11.0. The lowest BCUT2D eigenvalue weighted by atomic mass is 10.1. The summed E-state index contributed by atoms with van der Waals surface area (Å²) in [5.74, 6) is 0. The summed E-state index contributed by atoms with van der Waals surface area (Å²) in [6.45, 7) is 4.09. The molecule has 0 amide bonds. The molecule has 0 aliphatic heterocycles. The van der Waals surface area contributed by atoms with Gasteiger partial charge >= 0.3 is 0 Å². The molecule has 2 N–H and O–H groups in total. The van der Waals surface area contributed by atoms with Crippen molar-refractivity contribution in [2.75, 3.05) is 6.54 Å². The minimum absolute atomic E-state index is 0.332. The van der Waals surface area contributed by atoms with Crippen molar-refractivity contribution in [1.29, 1.82) is 0 Å². The maximum atomic E-state index is 12.5. The predicted molar refractivity (Wildman–Crippen MR) is 98.1 cm³/mol. The van der Waals surface area contributed by atoms with Crippen molar-refractivity contribution in [3.8, 4) is 0 Å². The number of halogens is 1. The van der Waals surface area contributed by atoms with E-state index in [0.29, 0.717) is 22.9 Å². The van der Waals surface area contributed by atoms with Crippen LogP contribution in [0.1, 0.15) is 16.7 Å². The zero-order chi connectivity index (χ0) is 17.3. The molecule has 4 nitrogen and oxygen atoms in total. The van der Waals surface area contributed by atoms with Crippen LogP contribution < -0.4 is 4.72 Å². The Hall–Kier alpha value is -1.82. The molecule has 0 radical (unpaired) electrons. The smallest absolute Gasteiger partial charge is 0.240 e. The highest BCUT2D eigenvalue weighted by Gasteiger charge is 2.16. The largest absolute Gasteiger partial charge is 0.361 e. The molecule has 0 bridgehead atoms.